The lowest BCUT2D eigenvalue weighted by atomic mass is 10.2. The highest BCUT2D eigenvalue weighted by molar-refractivity contribution is 6.33. The van der Waals surface area contributed by atoms with Crippen LogP contribution in [0.25, 0.3) is 0 Å². The van der Waals surface area contributed by atoms with Gasteiger partial charge in [0.05, 0.1) is 10.7 Å². The van der Waals surface area contributed by atoms with Crippen LogP contribution in [-0.2, 0) is 6.42 Å². The second-order valence-electron chi connectivity index (χ2n) is 3.85. The monoisotopic (exact) mass is 281 g/mol. The van der Waals surface area contributed by atoms with E-state index in [0.717, 1.165) is 24.1 Å². The summed E-state index contributed by atoms with van der Waals surface area (Å²) in [4.78, 5) is 8.23. The van der Waals surface area contributed by atoms with Crippen molar-refractivity contribution >= 4 is 34.7 Å². The number of nitrogens with one attached hydrogen (secondary N) is 1. The standard InChI is InChI=1S/C13H13Cl2N3/c1-2-5-9-12(15)16-8-17-13(9)18-11-7-4-3-6-10(11)14/h3-4,6-8H,2,5H2,1H3,(H,16,17,18). The van der Waals surface area contributed by atoms with Crippen molar-refractivity contribution in [3.05, 3.63) is 46.3 Å². The largest absolute Gasteiger partial charge is 0.339 e. The van der Waals surface area contributed by atoms with E-state index in [9.17, 15) is 0 Å². The van der Waals surface area contributed by atoms with Crippen LogP contribution in [-0.4, -0.2) is 9.97 Å². The van der Waals surface area contributed by atoms with E-state index >= 15 is 0 Å². The van der Waals surface area contributed by atoms with E-state index in [1.807, 2.05) is 24.3 Å². The van der Waals surface area contributed by atoms with Gasteiger partial charge in [0.15, 0.2) is 0 Å². The molecular weight excluding hydrogens is 269 g/mol. The van der Waals surface area contributed by atoms with Gasteiger partial charge in [-0.25, -0.2) is 9.97 Å². The van der Waals surface area contributed by atoms with Gasteiger partial charge in [-0.15, -0.1) is 0 Å². The van der Waals surface area contributed by atoms with Crippen molar-refractivity contribution in [2.75, 3.05) is 5.32 Å². The van der Waals surface area contributed by atoms with Gasteiger partial charge in [0.1, 0.15) is 17.3 Å². The number of nitrogens with zero attached hydrogens (tertiary/aromatic N) is 2. The highest BCUT2D eigenvalue weighted by Crippen LogP contribution is 2.28. The maximum absolute atomic E-state index is 6.10. The summed E-state index contributed by atoms with van der Waals surface area (Å²) in [6.45, 7) is 2.09. The van der Waals surface area contributed by atoms with Crippen molar-refractivity contribution in [1.29, 1.82) is 0 Å². The van der Waals surface area contributed by atoms with Crippen LogP contribution in [0.15, 0.2) is 30.6 Å². The lowest BCUT2D eigenvalue weighted by Gasteiger charge is -2.12. The molecule has 0 unspecified atom stereocenters. The Morgan fingerprint density at radius 1 is 1.17 bits per heavy atom. The Hall–Kier alpha value is -1.32. The zero-order valence-corrected chi connectivity index (χ0v) is 11.5. The third-order valence-corrected chi connectivity index (χ3v) is 3.18. The molecule has 1 heterocycles. The van der Waals surface area contributed by atoms with Crippen LogP contribution in [0, 0.1) is 0 Å². The first-order chi connectivity index (χ1) is 8.72. The predicted molar refractivity (Wildman–Crippen MR) is 75.8 cm³/mol. The van der Waals surface area contributed by atoms with Crippen LogP contribution in [0.5, 0.6) is 0 Å². The highest BCUT2D eigenvalue weighted by Gasteiger charge is 2.10. The molecule has 0 aliphatic carbocycles. The molecule has 0 spiro atoms. The SMILES string of the molecule is CCCc1c(Cl)ncnc1Nc1ccccc1Cl. The quantitative estimate of drug-likeness (QED) is 0.840. The number of benzene rings is 1. The van der Waals surface area contributed by atoms with Crippen LogP contribution >= 0.6 is 23.2 Å². The van der Waals surface area contributed by atoms with Gasteiger partial charge < -0.3 is 5.32 Å². The molecule has 0 amide bonds. The van der Waals surface area contributed by atoms with Crippen LogP contribution in [0.2, 0.25) is 10.2 Å². The molecule has 0 aliphatic rings. The first kappa shape index (κ1) is 13.1. The Morgan fingerprint density at radius 3 is 2.67 bits per heavy atom. The molecule has 0 saturated carbocycles. The van der Waals surface area contributed by atoms with E-state index in [1.54, 1.807) is 0 Å². The Balaban J connectivity index is 2.34. The minimum absolute atomic E-state index is 0.487. The zero-order chi connectivity index (χ0) is 13.0. The maximum atomic E-state index is 6.10. The predicted octanol–water partition coefficient (Wildman–Crippen LogP) is 4.48. The number of hydrogen-bond acceptors (Lipinski definition) is 3. The van der Waals surface area contributed by atoms with Gasteiger partial charge in [0, 0.05) is 5.56 Å². The van der Waals surface area contributed by atoms with Gasteiger partial charge >= 0.3 is 0 Å². The van der Waals surface area contributed by atoms with E-state index in [-0.39, 0.29) is 0 Å². The summed E-state index contributed by atoms with van der Waals surface area (Å²) >= 11 is 12.2. The molecule has 1 N–H and O–H groups in total. The molecule has 2 aromatic rings. The van der Waals surface area contributed by atoms with Gasteiger partial charge in [-0.3, -0.25) is 0 Å². The van der Waals surface area contributed by atoms with Crippen LogP contribution in [0.1, 0.15) is 18.9 Å². The maximum Gasteiger partial charge on any atom is 0.138 e. The number of aromatic nitrogens is 2. The fraction of sp³-hybridized carbons (Fsp3) is 0.231. The molecule has 0 fully saturated rings. The molecule has 0 radical (unpaired) electrons. The summed E-state index contributed by atoms with van der Waals surface area (Å²) in [6, 6.07) is 7.52. The fourth-order valence-corrected chi connectivity index (χ4v) is 2.07. The summed E-state index contributed by atoms with van der Waals surface area (Å²) in [5, 5.41) is 4.33. The lowest BCUT2D eigenvalue weighted by Crippen LogP contribution is -2.01. The van der Waals surface area contributed by atoms with Crippen molar-refractivity contribution in [1.82, 2.24) is 9.97 Å². The lowest BCUT2D eigenvalue weighted by molar-refractivity contribution is 0.904. The molecule has 1 aromatic heterocycles. The summed E-state index contributed by atoms with van der Waals surface area (Å²) < 4.78 is 0. The topological polar surface area (TPSA) is 37.8 Å². The summed E-state index contributed by atoms with van der Waals surface area (Å²) in [5.74, 6) is 0.713. The molecule has 0 aliphatic heterocycles. The second kappa shape index (κ2) is 6.03. The zero-order valence-electron chi connectivity index (χ0n) is 9.95. The van der Waals surface area contributed by atoms with Crippen LogP contribution < -0.4 is 5.32 Å². The summed E-state index contributed by atoms with van der Waals surface area (Å²) in [5.41, 5.74) is 1.73. The van der Waals surface area contributed by atoms with E-state index in [2.05, 4.69) is 22.2 Å². The van der Waals surface area contributed by atoms with Gasteiger partial charge in [0.25, 0.3) is 0 Å². The average molecular weight is 282 g/mol. The molecule has 0 atom stereocenters. The molecule has 18 heavy (non-hydrogen) atoms. The second-order valence-corrected chi connectivity index (χ2v) is 4.61. The third kappa shape index (κ3) is 2.92. The molecular formula is C13H13Cl2N3. The van der Waals surface area contributed by atoms with E-state index < -0.39 is 0 Å². The average Bonchev–Trinajstić information content (AvgIpc) is 2.36. The summed E-state index contributed by atoms with van der Waals surface area (Å²) in [6.07, 6.45) is 3.25. The first-order valence-electron chi connectivity index (χ1n) is 5.73. The van der Waals surface area contributed by atoms with Crippen molar-refractivity contribution in [3.8, 4) is 0 Å². The number of hydrogen-bond donors (Lipinski definition) is 1. The van der Waals surface area contributed by atoms with Gasteiger partial charge in [0.2, 0.25) is 0 Å². The van der Waals surface area contributed by atoms with E-state index in [0.29, 0.717) is 16.0 Å². The highest BCUT2D eigenvalue weighted by atomic mass is 35.5. The van der Waals surface area contributed by atoms with E-state index in [1.165, 1.54) is 6.33 Å². The smallest absolute Gasteiger partial charge is 0.138 e. The fourth-order valence-electron chi connectivity index (χ4n) is 1.66. The minimum atomic E-state index is 0.487. The van der Waals surface area contributed by atoms with Crippen molar-refractivity contribution < 1.29 is 0 Å². The molecule has 1 aromatic carbocycles. The molecule has 5 heteroatoms. The van der Waals surface area contributed by atoms with Crippen LogP contribution in [0.3, 0.4) is 0 Å². The van der Waals surface area contributed by atoms with E-state index in [4.69, 9.17) is 23.2 Å². The Morgan fingerprint density at radius 2 is 1.94 bits per heavy atom. The number of para-hydroxylation sites is 1. The minimum Gasteiger partial charge on any atom is -0.339 e. The van der Waals surface area contributed by atoms with Gasteiger partial charge in [-0.2, -0.15) is 0 Å². The Labute approximate surface area is 116 Å². The van der Waals surface area contributed by atoms with Crippen molar-refractivity contribution in [2.45, 2.75) is 19.8 Å². The Kier molecular flexibility index (Phi) is 4.39. The first-order valence-corrected chi connectivity index (χ1v) is 6.49. The van der Waals surface area contributed by atoms with Crippen molar-refractivity contribution in [3.63, 3.8) is 0 Å². The van der Waals surface area contributed by atoms with Crippen molar-refractivity contribution in [2.24, 2.45) is 0 Å². The number of halogens is 2. The van der Waals surface area contributed by atoms with Gasteiger partial charge in [-0.05, 0) is 18.6 Å². The Bertz CT molecular complexity index is 544. The molecule has 94 valence electrons. The van der Waals surface area contributed by atoms with Gasteiger partial charge in [-0.1, -0.05) is 48.7 Å². The molecule has 2 rings (SSSR count). The molecule has 3 nitrogen and oxygen atoms in total. The number of anilines is 2. The van der Waals surface area contributed by atoms with Crippen LogP contribution in [0.4, 0.5) is 11.5 Å². The third-order valence-electron chi connectivity index (χ3n) is 2.52. The summed E-state index contributed by atoms with van der Waals surface area (Å²) in [7, 11) is 0. The number of rotatable bonds is 4. The molecule has 0 saturated heterocycles. The normalized spacial score (nSPS) is 10.4. The molecule has 0 bridgehead atoms.